The normalized spacial score (nSPS) is 29.3. The Morgan fingerprint density at radius 3 is 2.38 bits per heavy atom. The minimum absolute atomic E-state index is 0.139. The molecular formula is C9H20O4. The fourth-order valence-corrected chi connectivity index (χ4v) is 1.21. The Hall–Kier alpha value is -0.160. The molecule has 3 atom stereocenters. The van der Waals surface area contributed by atoms with Crippen LogP contribution < -0.4 is 0 Å². The Morgan fingerprint density at radius 1 is 1.54 bits per heavy atom. The van der Waals surface area contributed by atoms with Gasteiger partial charge in [0.15, 0.2) is 0 Å². The van der Waals surface area contributed by atoms with E-state index in [1.54, 1.807) is 14.2 Å². The van der Waals surface area contributed by atoms with Crippen molar-refractivity contribution >= 4 is 0 Å². The van der Waals surface area contributed by atoms with Crippen molar-refractivity contribution in [1.82, 2.24) is 0 Å². The molecule has 0 radical (unpaired) electrons. The molecule has 0 aliphatic carbocycles. The van der Waals surface area contributed by atoms with Crippen LogP contribution in [0.3, 0.4) is 0 Å². The molecule has 2 N–H and O–H groups in total. The van der Waals surface area contributed by atoms with E-state index >= 15 is 0 Å². The van der Waals surface area contributed by atoms with E-state index in [2.05, 4.69) is 11.7 Å². The van der Waals surface area contributed by atoms with Gasteiger partial charge in [-0.2, -0.15) is 0 Å². The summed E-state index contributed by atoms with van der Waals surface area (Å²) in [6.07, 6.45) is 0.0341. The van der Waals surface area contributed by atoms with E-state index in [1.165, 1.54) is 0 Å². The third-order valence-corrected chi connectivity index (χ3v) is 1.85. The minimum Gasteiger partial charge on any atom is -0.394 e. The Balaban J connectivity index is 0.000000424. The van der Waals surface area contributed by atoms with Crippen LogP contribution >= 0.6 is 0 Å². The highest BCUT2D eigenvalue weighted by molar-refractivity contribution is 4.76. The third kappa shape index (κ3) is 5.21. The Kier molecular flexibility index (Phi) is 7.17. The van der Waals surface area contributed by atoms with Gasteiger partial charge in [-0.25, -0.2) is 0 Å². The molecule has 1 saturated heterocycles. The maximum Gasteiger partial charge on any atom is 0.103 e. The van der Waals surface area contributed by atoms with E-state index in [4.69, 9.17) is 14.9 Å². The molecule has 4 heteroatoms. The van der Waals surface area contributed by atoms with E-state index in [9.17, 15) is 0 Å². The molecule has 1 fully saturated rings. The lowest BCUT2D eigenvalue weighted by molar-refractivity contribution is -0.0284. The van der Waals surface area contributed by atoms with E-state index in [1.807, 2.05) is 0 Å². The lowest BCUT2D eigenvalue weighted by atomic mass is 10.1. The molecule has 13 heavy (non-hydrogen) atoms. The highest BCUT2D eigenvalue weighted by atomic mass is 16.5. The number of methoxy groups -OCH3 is 1. The first-order valence-corrected chi connectivity index (χ1v) is 4.46. The molecule has 0 aromatic carbocycles. The van der Waals surface area contributed by atoms with Gasteiger partial charge >= 0.3 is 0 Å². The van der Waals surface area contributed by atoms with Gasteiger partial charge < -0.3 is 19.7 Å². The van der Waals surface area contributed by atoms with Crippen LogP contribution in [0, 0.1) is 5.92 Å². The summed E-state index contributed by atoms with van der Waals surface area (Å²) in [6.45, 7) is 2.59. The number of hydrogen-bond donors (Lipinski definition) is 2. The summed E-state index contributed by atoms with van der Waals surface area (Å²) in [5.41, 5.74) is 0. The number of hydrogen-bond acceptors (Lipinski definition) is 4. The quantitative estimate of drug-likeness (QED) is 0.648. The predicted octanol–water partition coefficient (Wildman–Crippen LogP) is 0.0272. The smallest absolute Gasteiger partial charge is 0.103 e. The van der Waals surface area contributed by atoms with Crippen LogP contribution in [-0.4, -0.2) is 49.9 Å². The highest BCUT2D eigenvalue weighted by Crippen LogP contribution is 2.20. The molecule has 1 aliphatic rings. The van der Waals surface area contributed by atoms with Crippen molar-refractivity contribution in [2.75, 3.05) is 27.4 Å². The van der Waals surface area contributed by atoms with Crippen molar-refractivity contribution in [3.8, 4) is 0 Å². The second-order valence-electron chi connectivity index (χ2n) is 3.37. The van der Waals surface area contributed by atoms with E-state index in [-0.39, 0.29) is 12.7 Å². The van der Waals surface area contributed by atoms with Gasteiger partial charge in [0.2, 0.25) is 0 Å². The maximum atomic E-state index is 9.10. The number of rotatable bonds is 2. The summed E-state index contributed by atoms with van der Waals surface area (Å²) >= 11 is 0. The van der Waals surface area contributed by atoms with Gasteiger partial charge in [-0.15, -0.1) is 0 Å². The van der Waals surface area contributed by atoms with Crippen molar-refractivity contribution in [2.45, 2.75) is 25.6 Å². The largest absolute Gasteiger partial charge is 0.394 e. The Morgan fingerprint density at radius 2 is 2.08 bits per heavy atom. The standard InChI is InChI=1S/C7H14O3.C2H6O/c1-5-2-7(10-4-5)6(9)3-8;1-3-2/h5-9H,2-4H2,1H3;1-2H3. The van der Waals surface area contributed by atoms with Crippen molar-refractivity contribution in [2.24, 2.45) is 5.92 Å². The van der Waals surface area contributed by atoms with Crippen molar-refractivity contribution in [3.05, 3.63) is 0 Å². The summed E-state index contributed by atoms with van der Waals surface area (Å²) < 4.78 is 9.46. The van der Waals surface area contributed by atoms with E-state index in [0.717, 1.165) is 6.42 Å². The fourth-order valence-electron chi connectivity index (χ4n) is 1.21. The van der Waals surface area contributed by atoms with Gasteiger partial charge in [-0.3, -0.25) is 0 Å². The second-order valence-corrected chi connectivity index (χ2v) is 3.37. The van der Waals surface area contributed by atoms with Gasteiger partial charge in [0, 0.05) is 20.8 Å². The van der Waals surface area contributed by atoms with Crippen molar-refractivity contribution in [3.63, 3.8) is 0 Å². The van der Waals surface area contributed by atoms with Gasteiger partial charge in [-0.1, -0.05) is 6.92 Å². The zero-order valence-electron chi connectivity index (χ0n) is 8.56. The maximum absolute atomic E-state index is 9.10. The minimum atomic E-state index is -0.690. The Bertz CT molecular complexity index is 118. The molecule has 0 aromatic rings. The summed E-state index contributed by atoms with van der Waals surface area (Å²) in [5.74, 6) is 0.520. The first-order chi connectivity index (χ1) is 6.15. The molecular weight excluding hydrogens is 172 g/mol. The molecule has 0 amide bonds. The number of aliphatic hydroxyl groups excluding tert-OH is 2. The van der Waals surface area contributed by atoms with Crippen LogP contribution in [0.25, 0.3) is 0 Å². The van der Waals surface area contributed by atoms with Crippen LogP contribution in [0.2, 0.25) is 0 Å². The van der Waals surface area contributed by atoms with Crippen LogP contribution in [-0.2, 0) is 9.47 Å². The van der Waals surface area contributed by atoms with Crippen LogP contribution in [0.15, 0.2) is 0 Å². The third-order valence-electron chi connectivity index (χ3n) is 1.85. The average molecular weight is 192 g/mol. The molecule has 4 nitrogen and oxygen atoms in total. The van der Waals surface area contributed by atoms with Gasteiger partial charge in [0.25, 0.3) is 0 Å². The van der Waals surface area contributed by atoms with Crippen LogP contribution in [0.5, 0.6) is 0 Å². The summed E-state index contributed by atoms with van der Waals surface area (Å²) in [6, 6.07) is 0. The van der Waals surface area contributed by atoms with Crippen molar-refractivity contribution < 1.29 is 19.7 Å². The van der Waals surface area contributed by atoms with E-state index < -0.39 is 6.10 Å². The monoisotopic (exact) mass is 192 g/mol. The zero-order valence-corrected chi connectivity index (χ0v) is 8.56. The average Bonchev–Trinajstić information content (AvgIpc) is 2.52. The molecule has 1 aliphatic heterocycles. The molecule has 3 unspecified atom stereocenters. The molecule has 1 heterocycles. The number of aliphatic hydroxyl groups is 2. The van der Waals surface area contributed by atoms with Crippen molar-refractivity contribution in [1.29, 1.82) is 0 Å². The van der Waals surface area contributed by atoms with Gasteiger partial charge in [-0.05, 0) is 12.3 Å². The lowest BCUT2D eigenvalue weighted by Gasteiger charge is -2.13. The summed E-state index contributed by atoms with van der Waals surface area (Å²) in [7, 11) is 3.25. The topological polar surface area (TPSA) is 58.9 Å². The molecule has 0 bridgehead atoms. The first-order valence-electron chi connectivity index (χ1n) is 4.46. The van der Waals surface area contributed by atoms with Gasteiger partial charge in [0.1, 0.15) is 6.10 Å². The first kappa shape index (κ1) is 12.8. The fraction of sp³-hybridized carbons (Fsp3) is 1.00. The molecule has 1 rings (SSSR count). The molecule has 80 valence electrons. The molecule has 0 spiro atoms. The van der Waals surface area contributed by atoms with Crippen LogP contribution in [0.4, 0.5) is 0 Å². The zero-order chi connectivity index (χ0) is 10.3. The van der Waals surface area contributed by atoms with E-state index in [0.29, 0.717) is 12.5 Å². The summed E-state index contributed by atoms with van der Waals surface area (Å²) in [5, 5.41) is 17.7. The summed E-state index contributed by atoms with van der Waals surface area (Å²) in [4.78, 5) is 0. The second kappa shape index (κ2) is 7.26. The SMILES string of the molecule is CC1COC(C(O)CO)C1.COC. The lowest BCUT2D eigenvalue weighted by Crippen LogP contribution is -2.28. The Labute approximate surface area is 79.5 Å². The molecule has 0 saturated carbocycles. The molecule has 0 aromatic heterocycles. The highest BCUT2D eigenvalue weighted by Gasteiger charge is 2.27. The predicted molar refractivity (Wildman–Crippen MR) is 49.5 cm³/mol. The van der Waals surface area contributed by atoms with Gasteiger partial charge in [0.05, 0.1) is 12.7 Å². The van der Waals surface area contributed by atoms with Crippen LogP contribution in [0.1, 0.15) is 13.3 Å². The number of ether oxygens (including phenoxy) is 2.